The van der Waals surface area contributed by atoms with Crippen LogP contribution in [0.5, 0.6) is 0 Å². The molecule has 0 aliphatic heterocycles. The molecule has 0 saturated heterocycles. The summed E-state index contributed by atoms with van der Waals surface area (Å²) in [4.78, 5) is 0. The maximum atomic E-state index is 5.85. The average molecular weight is 214 g/mol. The first-order valence-electron chi connectivity index (χ1n) is 4.82. The second-order valence-electron chi connectivity index (χ2n) is 3.21. The molecule has 0 aliphatic carbocycles. The molecule has 0 radical (unpaired) electrons. The van der Waals surface area contributed by atoms with Crippen molar-refractivity contribution < 1.29 is 4.74 Å². The van der Waals surface area contributed by atoms with E-state index in [1.165, 1.54) is 0 Å². The molecule has 1 aromatic carbocycles. The van der Waals surface area contributed by atoms with Crippen LogP contribution in [0.1, 0.15) is 18.9 Å². The van der Waals surface area contributed by atoms with E-state index < -0.39 is 0 Å². The van der Waals surface area contributed by atoms with Gasteiger partial charge in [0.1, 0.15) is 0 Å². The fourth-order valence-electron chi connectivity index (χ4n) is 1.19. The van der Waals surface area contributed by atoms with Crippen LogP contribution in [0.2, 0.25) is 5.02 Å². The van der Waals surface area contributed by atoms with Crippen LogP contribution in [-0.2, 0) is 11.3 Å². The Bertz CT molecular complexity index is 274. The van der Waals surface area contributed by atoms with Crippen molar-refractivity contribution in [3.63, 3.8) is 0 Å². The lowest BCUT2D eigenvalue weighted by atomic mass is 10.2. The van der Waals surface area contributed by atoms with Crippen molar-refractivity contribution in [2.45, 2.75) is 26.1 Å². The third-order valence-electron chi connectivity index (χ3n) is 2.09. The van der Waals surface area contributed by atoms with Crippen molar-refractivity contribution in [1.29, 1.82) is 0 Å². The number of hydrogen-bond acceptors (Lipinski definition) is 2. The molecular formula is C11H16ClNO. The molecule has 0 heterocycles. The fraction of sp³-hybridized carbons (Fsp3) is 0.455. The van der Waals surface area contributed by atoms with Crippen LogP contribution < -0.4 is 5.73 Å². The van der Waals surface area contributed by atoms with Gasteiger partial charge in [-0.1, -0.05) is 30.7 Å². The Morgan fingerprint density at radius 2 is 2.29 bits per heavy atom. The van der Waals surface area contributed by atoms with E-state index in [4.69, 9.17) is 22.1 Å². The normalized spacial score (nSPS) is 12.8. The topological polar surface area (TPSA) is 35.2 Å². The lowest BCUT2D eigenvalue weighted by Crippen LogP contribution is -2.22. The summed E-state index contributed by atoms with van der Waals surface area (Å²) in [6.45, 7) is 3.21. The van der Waals surface area contributed by atoms with Gasteiger partial charge in [-0.15, -0.1) is 0 Å². The zero-order valence-corrected chi connectivity index (χ0v) is 9.13. The van der Waals surface area contributed by atoms with Gasteiger partial charge in [0.05, 0.1) is 12.7 Å². The third kappa shape index (κ3) is 3.66. The molecule has 1 unspecified atom stereocenters. The summed E-state index contributed by atoms with van der Waals surface area (Å²) in [6.07, 6.45) is 1.09. The maximum absolute atomic E-state index is 5.85. The molecule has 2 nitrogen and oxygen atoms in total. The van der Waals surface area contributed by atoms with E-state index in [0.29, 0.717) is 13.2 Å². The van der Waals surface area contributed by atoms with E-state index >= 15 is 0 Å². The quantitative estimate of drug-likeness (QED) is 0.816. The minimum atomic E-state index is 0.147. The smallest absolute Gasteiger partial charge is 0.0721 e. The van der Waals surface area contributed by atoms with E-state index in [9.17, 15) is 0 Å². The minimum Gasteiger partial charge on any atom is -0.372 e. The van der Waals surface area contributed by atoms with Gasteiger partial charge in [0.25, 0.3) is 0 Å². The highest BCUT2D eigenvalue weighted by Crippen LogP contribution is 2.12. The van der Waals surface area contributed by atoms with E-state index in [1.54, 1.807) is 0 Å². The van der Waals surface area contributed by atoms with Crippen LogP contribution >= 0.6 is 11.6 Å². The van der Waals surface area contributed by atoms with E-state index in [-0.39, 0.29) is 6.10 Å². The Labute approximate surface area is 90.0 Å². The molecule has 0 spiro atoms. The molecule has 14 heavy (non-hydrogen) atoms. The van der Waals surface area contributed by atoms with Crippen LogP contribution in [0.3, 0.4) is 0 Å². The molecule has 0 aromatic heterocycles. The van der Waals surface area contributed by atoms with Crippen molar-refractivity contribution in [1.82, 2.24) is 0 Å². The number of hydrogen-bond donors (Lipinski definition) is 1. The van der Waals surface area contributed by atoms with E-state index in [1.807, 2.05) is 24.3 Å². The lowest BCUT2D eigenvalue weighted by Gasteiger charge is -2.13. The van der Waals surface area contributed by atoms with Gasteiger partial charge in [-0.3, -0.25) is 0 Å². The molecule has 1 atom stereocenters. The Morgan fingerprint density at radius 3 is 2.86 bits per heavy atom. The van der Waals surface area contributed by atoms with Crippen molar-refractivity contribution in [2.75, 3.05) is 6.54 Å². The zero-order valence-electron chi connectivity index (χ0n) is 8.37. The third-order valence-corrected chi connectivity index (χ3v) is 2.33. The summed E-state index contributed by atoms with van der Waals surface area (Å²) < 4.78 is 5.60. The monoisotopic (exact) mass is 213 g/mol. The molecule has 0 amide bonds. The number of nitrogens with two attached hydrogens (primary N) is 1. The van der Waals surface area contributed by atoms with E-state index in [0.717, 1.165) is 17.0 Å². The zero-order chi connectivity index (χ0) is 10.4. The van der Waals surface area contributed by atoms with Gasteiger partial charge >= 0.3 is 0 Å². The maximum Gasteiger partial charge on any atom is 0.0721 e. The predicted molar refractivity (Wildman–Crippen MR) is 59.4 cm³/mol. The Morgan fingerprint density at radius 1 is 1.50 bits per heavy atom. The molecule has 78 valence electrons. The molecule has 3 heteroatoms. The van der Waals surface area contributed by atoms with Crippen molar-refractivity contribution >= 4 is 11.6 Å². The van der Waals surface area contributed by atoms with Gasteiger partial charge in [0.2, 0.25) is 0 Å². The standard InChI is InChI=1S/C11H16ClNO/c1-2-11(7-13)14-8-9-4-3-5-10(12)6-9/h3-6,11H,2,7-8,13H2,1H3. The number of benzene rings is 1. The molecule has 0 aliphatic rings. The Kier molecular flexibility index (Phi) is 4.94. The molecule has 0 bridgehead atoms. The number of halogens is 1. The second kappa shape index (κ2) is 6.02. The van der Waals surface area contributed by atoms with Crippen LogP contribution in [0.25, 0.3) is 0 Å². The van der Waals surface area contributed by atoms with Crippen molar-refractivity contribution in [3.05, 3.63) is 34.9 Å². The van der Waals surface area contributed by atoms with Gasteiger partial charge in [-0.25, -0.2) is 0 Å². The van der Waals surface area contributed by atoms with Crippen LogP contribution in [0, 0.1) is 0 Å². The molecule has 0 saturated carbocycles. The predicted octanol–water partition coefficient (Wildman–Crippen LogP) is 2.59. The summed E-state index contributed by atoms with van der Waals surface area (Å²) in [6, 6.07) is 7.68. The first-order valence-corrected chi connectivity index (χ1v) is 5.20. The minimum absolute atomic E-state index is 0.147. The van der Waals surface area contributed by atoms with Gasteiger partial charge < -0.3 is 10.5 Å². The Balaban J connectivity index is 2.44. The highest BCUT2D eigenvalue weighted by Gasteiger charge is 2.03. The SMILES string of the molecule is CCC(CN)OCc1cccc(Cl)c1. The number of rotatable bonds is 5. The van der Waals surface area contributed by atoms with Gasteiger partial charge in [0, 0.05) is 11.6 Å². The molecule has 0 fully saturated rings. The summed E-state index contributed by atoms with van der Waals surface area (Å²) in [5, 5.41) is 0.742. The average Bonchev–Trinajstić information content (AvgIpc) is 2.19. The molecule has 1 aromatic rings. The summed E-state index contributed by atoms with van der Waals surface area (Å²) >= 11 is 5.85. The van der Waals surface area contributed by atoms with Crippen LogP contribution in [-0.4, -0.2) is 12.6 Å². The summed E-state index contributed by atoms with van der Waals surface area (Å²) in [7, 11) is 0. The highest BCUT2D eigenvalue weighted by atomic mass is 35.5. The fourth-order valence-corrected chi connectivity index (χ4v) is 1.41. The van der Waals surface area contributed by atoms with Crippen molar-refractivity contribution in [2.24, 2.45) is 5.73 Å². The molecule has 1 rings (SSSR count). The van der Waals surface area contributed by atoms with Gasteiger partial charge in [-0.2, -0.15) is 0 Å². The molecular weight excluding hydrogens is 198 g/mol. The lowest BCUT2D eigenvalue weighted by molar-refractivity contribution is 0.0441. The highest BCUT2D eigenvalue weighted by molar-refractivity contribution is 6.30. The Hall–Kier alpha value is -0.570. The summed E-state index contributed by atoms with van der Waals surface area (Å²) in [5.74, 6) is 0. The van der Waals surface area contributed by atoms with E-state index in [2.05, 4.69) is 6.92 Å². The van der Waals surface area contributed by atoms with Gasteiger partial charge in [-0.05, 0) is 24.1 Å². The van der Waals surface area contributed by atoms with Crippen LogP contribution in [0.15, 0.2) is 24.3 Å². The summed E-state index contributed by atoms with van der Waals surface area (Å²) in [5.41, 5.74) is 6.61. The number of ether oxygens (including phenoxy) is 1. The first-order chi connectivity index (χ1) is 6.76. The first kappa shape index (κ1) is 11.5. The largest absolute Gasteiger partial charge is 0.372 e. The van der Waals surface area contributed by atoms with Gasteiger partial charge in [0.15, 0.2) is 0 Å². The van der Waals surface area contributed by atoms with Crippen LogP contribution in [0.4, 0.5) is 0 Å². The second-order valence-corrected chi connectivity index (χ2v) is 3.64. The van der Waals surface area contributed by atoms with Crippen molar-refractivity contribution in [3.8, 4) is 0 Å². The molecule has 2 N–H and O–H groups in total.